The Balaban J connectivity index is 1.07. The van der Waals surface area contributed by atoms with Gasteiger partial charge in [-0.2, -0.15) is 16.7 Å². The van der Waals surface area contributed by atoms with E-state index < -0.39 is 0 Å². The van der Waals surface area contributed by atoms with Gasteiger partial charge < -0.3 is 15.4 Å². The summed E-state index contributed by atoms with van der Waals surface area (Å²) in [6, 6.07) is 0.185. The van der Waals surface area contributed by atoms with Crippen LogP contribution in [0, 0.1) is 51.2 Å². The summed E-state index contributed by atoms with van der Waals surface area (Å²) in [4.78, 5) is 36.5. The van der Waals surface area contributed by atoms with Gasteiger partial charge in [0.05, 0.1) is 12.1 Å². The molecular formula is C37H59N3O4S. The number of urea groups is 1. The van der Waals surface area contributed by atoms with Crippen LogP contribution in [-0.4, -0.2) is 47.7 Å². The van der Waals surface area contributed by atoms with Crippen molar-refractivity contribution in [2.45, 2.75) is 147 Å². The first-order valence-corrected chi connectivity index (χ1v) is 19.6. The molecule has 0 aromatic heterocycles. The summed E-state index contributed by atoms with van der Waals surface area (Å²) in [5, 5.41) is 9.94. The molecule has 0 radical (unpaired) electrons. The molecule has 5 fully saturated rings. The molecule has 252 valence electrons. The van der Waals surface area contributed by atoms with E-state index in [9.17, 15) is 14.5 Å². The second-order valence-corrected chi connectivity index (χ2v) is 17.8. The first kappa shape index (κ1) is 33.3. The van der Waals surface area contributed by atoms with Gasteiger partial charge in [-0.1, -0.05) is 70.2 Å². The topological polar surface area (TPSA) is 96.9 Å². The van der Waals surface area contributed by atoms with E-state index in [4.69, 9.17) is 4.74 Å². The highest BCUT2D eigenvalue weighted by molar-refractivity contribution is 8.00. The number of fused-ring (bicyclic) bond motifs is 6. The van der Waals surface area contributed by atoms with Gasteiger partial charge in [0.2, 0.25) is 0 Å². The fourth-order valence-electron chi connectivity index (χ4n) is 11.4. The molecule has 1 unspecified atom stereocenters. The zero-order valence-electron chi connectivity index (χ0n) is 28.4. The summed E-state index contributed by atoms with van der Waals surface area (Å²) >= 11 is 1.93. The summed E-state index contributed by atoms with van der Waals surface area (Å²) in [5.74, 6) is 5.28. The van der Waals surface area contributed by atoms with E-state index >= 15 is 0 Å². The maximum Gasteiger partial charge on any atom is 0.315 e. The van der Waals surface area contributed by atoms with E-state index in [1.807, 2.05) is 11.8 Å². The Bertz CT molecular complexity index is 1130. The van der Waals surface area contributed by atoms with Gasteiger partial charge >= 0.3 is 12.0 Å². The maximum absolute atomic E-state index is 13.2. The molecule has 2 aliphatic heterocycles. The highest BCUT2D eigenvalue weighted by atomic mass is 32.2. The molecule has 3 saturated carbocycles. The average molecular weight is 642 g/mol. The minimum Gasteiger partial charge on any atom is -0.465 e. The predicted molar refractivity (Wildman–Crippen MR) is 182 cm³/mol. The largest absolute Gasteiger partial charge is 0.465 e. The lowest BCUT2D eigenvalue weighted by Gasteiger charge is -2.59. The van der Waals surface area contributed by atoms with Gasteiger partial charge in [-0.3, -0.25) is 4.79 Å². The number of carbonyl (C=O) groups is 2. The van der Waals surface area contributed by atoms with Crippen molar-refractivity contribution in [1.29, 1.82) is 0 Å². The second kappa shape index (κ2) is 13.9. The molecule has 6 rings (SSSR count). The Morgan fingerprint density at radius 1 is 1.04 bits per heavy atom. The smallest absolute Gasteiger partial charge is 0.315 e. The van der Waals surface area contributed by atoms with Crippen molar-refractivity contribution < 1.29 is 14.3 Å². The van der Waals surface area contributed by atoms with Gasteiger partial charge in [-0.25, -0.2) is 4.79 Å². The van der Waals surface area contributed by atoms with Crippen molar-refractivity contribution in [2.75, 3.05) is 12.4 Å². The number of unbranched alkanes of at least 4 members (excludes halogenated alkanes) is 1. The van der Waals surface area contributed by atoms with Crippen molar-refractivity contribution in [3.63, 3.8) is 0 Å². The fourth-order valence-corrected chi connectivity index (χ4v) is 13.0. The summed E-state index contributed by atoms with van der Waals surface area (Å²) in [6.45, 7) is 10.3. The van der Waals surface area contributed by atoms with Crippen LogP contribution in [0.1, 0.15) is 124 Å². The first-order chi connectivity index (χ1) is 21.6. The maximum atomic E-state index is 13.2. The average Bonchev–Trinajstić information content (AvgIpc) is 3.69. The van der Waals surface area contributed by atoms with Crippen LogP contribution < -0.4 is 10.6 Å². The van der Waals surface area contributed by atoms with E-state index in [1.54, 1.807) is 0 Å². The van der Waals surface area contributed by atoms with Crippen molar-refractivity contribution in [3.8, 4) is 0 Å². The monoisotopic (exact) mass is 641 g/mol. The van der Waals surface area contributed by atoms with Gasteiger partial charge in [0, 0.05) is 22.8 Å². The number of hydrogen-bond donors (Lipinski definition) is 2. The van der Waals surface area contributed by atoms with Gasteiger partial charge in [0.25, 0.3) is 0 Å². The van der Waals surface area contributed by atoms with Crippen molar-refractivity contribution in [1.82, 2.24) is 10.6 Å². The zero-order valence-corrected chi connectivity index (χ0v) is 29.2. The van der Waals surface area contributed by atoms with E-state index in [2.05, 4.69) is 49.6 Å². The van der Waals surface area contributed by atoms with Crippen LogP contribution in [0.25, 0.3) is 0 Å². The summed E-state index contributed by atoms with van der Waals surface area (Å²) in [6.07, 6.45) is 18.6. The molecule has 11 atom stereocenters. The standard InChI is InChI=1S/C37H59N3O4S/c1-23(2)8-7-9-24(3)28-14-15-29-27-13-12-25-20-26(40-43)16-19-37(25,30(27)17-18-36(28,29)4)22-44-33(41)11-6-5-10-32-34-31(21-45-32)38-35(42)39-34/h20,23-24,26-32,34H,5-19,21-22H2,1-4H3,(H2,38,39,42)/t24-,26?,27+,28-,29+,30+,31+,32+,34+,36-,37-/m1/s1. The van der Waals surface area contributed by atoms with Gasteiger partial charge in [0.15, 0.2) is 0 Å². The Morgan fingerprint density at radius 2 is 1.89 bits per heavy atom. The van der Waals surface area contributed by atoms with Crippen molar-refractivity contribution >= 4 is 23.8 Å². The molecule has 2 heterocycles. The molecule has 0 aromatic carbocycles. The number of nitrogens with zero attached hydrogens (tertiary/aromatic N) is 1. The molecular weight excluding hydrogens is 582 g/mol. The molecule has 2 amide bonds. The third-order valence-electron chi connectivity index (χ3n) is 13.7. The SMILES string of the molecule is CC(C)CCC[C@@H](C)[C@H]1CC[C@H]2[C@@H]3CCC4=CC(N=O)CC[C@]4(COC(=O)CCCC[C@@H]4SC[C@@H]5NC(=O)N[C@@H]54)[C@H]3CC[C@]12C. The van der Waals surface area contributed by atoms with Crippen LogP contribution in [0.2, 0.25) is 0 Å². The highest BCUT2D eigenvalue weighted by Gasteiger charge is 2.61. The van der Waals surface area contributed by atoms with Crippen LogP contribution in [0.15, 0.2) is 16.8 Å². The highest BCUT2D eigenvalue weighted by Crippen LogP contribution is 2.68. The lowest BCUT2D eigenvalue weighted by Crippen LogP contribution is -2.53. The quantitative estimate of drug-likeness (QED) is 0.0692. The zero-order chi connectivity index (χ0) is 31.8. The van der Waals surface area contributed by atoms with Crippen LogP contribution >= 0.6 is 11.8 Å². The lowest BCUT2D eigenvalue weighted by atomic mass is 9.46. The predicted octanol–water partition coefficient (Wildman–Crippen LogP) is 8.41. The molecule has 45 heavy (non-hydrogen) atoms. The lowest BCUT2D eigenvalue weighted by molar-refractivity contribution is -0.152. The molecule has 2 N–H and O–H groups in total. The molecule has 6 aliphatic rings. The van der Waals surface area contributed by atoms with Gasteiger partial charge in [-0.15, -0.1) is 0 Å². The van der Waals surface area contributed by atoms with Gasteiger partial charge in [-0.05, 0) is 105 Å². The number of esters is 1. The Labute approximate surface area is 276 Å². The molecule has 0 spiro atoms. The molecule has 8 heteroatoms. The van der Waals surface area contributed by atoms with Crippen LogP contribution in [0.4, 0.5) is 4.79 Å². The molecule has 2 saturated heterocycles. The molecule has 0 aromatic rings. The summed E-state index contributed by atoms with van der Waals surface area (Å²) in [5.41, 5.74) is 1.67. The number of hydrogen-bond acceptors (Lipinski definition) is 6. The van der Waals surface area contributed by atoms with Crippen LogP contribution in [-0.2, 0) is 9.53 Å². The molecule has 0 bridgehead atoms. The normalized spacial score (nSPS) is 40.8. The van der Waals surface area contributed by atoms with Gasteiger partial charge in [0.1, 0.15) is 12.6 Å². The first-order valence-electron chi connectivity index (χ1n) is 18.5. The summed E-state index contributed by atoms with van der Waals surface area (Å²) in [7, 11) is 0. The second-order valence-electron chi connectivity index (χ2n) is 16.5. The number of ether oxygens (including phenoxy) is 1. The number of carbonyl (C=O) groups excluding carboxylic acids is 2. The number of nitroso groups, excluding NO2 is 1. The van der Waals surface area contributed by atoms with E-state index in [1.165, 1.54) is 56.9 Å². The minimum absolute atomic E-state index is 0.0448. The third-order valence-corrected chi connectivity index (χ3v) is 15.2. The van der Waals surface area contributed by atoms with Crippen molar-refractivity contribution in [2.24, 2.45) is 51.5 Å². The third kappa shape index (κ3) is 6.61. The number of thioether (sulfide) groups is 1. The van der Waals surface area contributed by atoms with E-state index in [0.717, 1.165) is 67.9 Å². The fraction of sp³-hybridized carbons (Fsp3) is 0.892. The van der Waals surface area contributed by atoms with Crippen LogP contribution in [0.3, 0.4) is 0 Å². The van der Waals surface area contributed by atoms with E-state index in [0.29, 0.717) is 35.5 Å². The number of nitrogens with one attached hydrogen (secondary N) is 2. The number of amides is 2. The minimum atomic E-state index is -0.232. The van der Waals surface area contributed by atoms with Crippen LogP contribution in [0.5, 0.6) is 0 Å². The molecule has 4 aliphatic carbocycles. The number of rotatable bonds is 13. The Kier molecular flexibility index (Phi) is 10.3. The van der Waals surface area contributed by atoms with E-state index in [-0.39, 0.29) is 35.5 Å². The Morgan fingerprint density at radius 3 is 2.69 bits per heavy atom. The summed E-state index contributed by atoms with van der Waals surface area (Å²) < 4.78 is 6.21. The Hall–Kier alpha value is -1.57. The van der Waals surface area contributed by atoms with Crippen molar-refractivity contribution in [3.05, 3.63) is 16.6 Å². The molecule has 7 nitrogen and oxygen atoms in total.